The van der Waals surface area contributed by atoms with Crippen LogP contribution >= 0.6 is 11.6 Å². The Morgan fingerprint density at radius 1 is 1.28 bits per heavy atom. The van der Waals surface area contributed by atoms with E-state index in [4.69, 9.17) is 21.1 Å². The van der Waals surface area contributed by atoms with Gasteiger partial charge in [0.2, 0.25) is 0 Å². The summed E-state index contributed by atoms with van der Waals surface area (Å²) in [6, 6.07) is 9.95. The van der Waals surface area contributed by atoms with Gasteiger partial charge in [-0.2, -0.15) is 0 Å². The predicted octanol–water partition coefficient (Wildman–Crippen LogP) is 3.74. The topological polar surface area (TPSA) is 84.9 Å². The molecule has 0 aromatic heterocycles. The smallest absolute Gasteiger partial charge is 0.312 e. The van der Waals surface area contributed by atoms with Crippen molar-refractivity contribution in [3.63, 3.8) is 0 Å². The van der Waals surface area contributed by atoms with Gasteiger partial charge < -0.3 is 19.7 Å². The first-order chi connectivity index (χ1) is 15.3. The Balaban J connectivity index is 1.76. The second kappa shape index (κ2) is 7.24. The molecule has 4 atom stereocenters. The first-order valence-electron chi connectivity index (χ1n) is 10.6. The Bertz CT molecular complexity index is 1170. The number of rotatable bonds is 2. The van der Waals surface area contributed by atoms with E-state index in [0.29, 0.717) is 27.6 Å². The van der Waals surface area contributed by atoms with E-state index in [2.05, 4.69) is 5.32 Å². The van der Waals surface area contributed by atoms with Gasteiger partial charge in [0, 0.05) is 16.5 Å². The molecule has 0 unspecified atom stereocenters. The molecule has 0 spiro atoms. The second-order valence-corrected chi connectivity index (χ2v) is 9.09. The molecule has 1 N–H and O–H groups in total. The summed E-state index contributed by atoms with van der Waals surface area (Å²) in [5.41, 5.74) is 0.938. The summed E-state index contributed by atoms with van der Waals surface area (Å²) in [4.78, 5) is 42.4. The van der Waals surface area contributed by atoms with Crippen LogP contribution in [0.25, 0.3) is 0 Å². The van der Waals surface area contributed by atoms with E-state index in [1.807, 2.05) is 13.0 Å². The van der Waals surface area contributed by atoms with Gasteiger partial charge in [-0.25, -0.2) is 0 Å². The highest BCUT2D eigenvalue weighted by atomic mass is 35.5. The lowest BCUT2D eigenvalue weighted by Gasteiger charge is -2.38. The van der Waals surface area contributed by atoms with E-state index in [9.17, 15) is 14.4 Å². The number of aryl methyl sites for hydroxylation is 1. The van der Waals surface area contributed by atoms with Crippen LogP contribution in [0.5, 0.6) is 5.75 Å². The average Bonchev–Trinajstić information content (AvgIpc) is 2.99. The van der Waals surface area contributed by atoms with Crippen LogP contribution in [0.15, 0.2) is 36.4 Å². The van der Waals surface area contributed by atoms with Crippen LogP contribution in [0, 0.1) is 18.8 Å². The van der Waals surface area contributed by atoms with E-state index in [1.54, 1.807) is 49.1 Å². The van der Waals surface area contributed by atoms with Gasteiger partial charge in [0.05, 0.1) is 36.4 Å². The molecule has 2 amide bonds. The van der Waals surface area contributed by atoms with E-state index in [-0.39, 0.29) is 19.1 Å². The molecule has 2 aromatic carbocycles. The lowest BCUT2D eigenvalue weighted by atomic mass is 9.77. The summed E-state index contributed by atoms with van der Waals surface area (Å²) in [5.74, 6) is -2.05. The van der Waals surface area contributed by atoms with Gasteiger partial charge in [-0.15, -0.1) is 0 Å². The summed E-state index contributed by atoms with van der Waals surface area (Å²) >= 11 is 6.29. The molecule has 1 fully saturated rings. The molecule has 0 aliphatic carbocycles. The molecular weight excluding hydrogens is 432 g/mol. The third-order valence-electron chi connectivity index (χ3n) is 6.81. The average molecular weight is 455 g/mol. The Morgan fingerprint density at radius 3 is 2.81 bits per heavy atom. The maximum absolute atomic E-state index is 14.0. The minimum Gasteiger partial charge on any atom is -0.493 e. The first kappa shape index (κ1) is 20.8. The van der Waals surface area contributed by atoms with Gasteiger partial charge in [-0.3, -0.25) is 14.4 Å². The van der Waals surface area contributed by atoms with E-state index in [1.165, 1.54) is 0 Å². The minimum absolute atomic E-state index is 0.168. The molecular formula is C24H23ClN2O5. The molecule has 2 aromatic rings. The maximum Gasteiger partial charge on any atom is 0.312 e. The van der Waals surface area contributed by atoms with Crippen LogP contribution in [0.1, 0.15) is 41.4 Å². The molecule has 8 heteroatoms. The van der Waals surface area contributed by atoms with Crippen molar-refractivity contribution in [3.05, 3.63) is 58.1 Å². The number of hydrogen-bond acceptors (Lipinski definition) is 5. The maximum atomic E-state index is 14.0. The van der Waals surface area contributed by atoms with E-state index < -0.39 is 35.3 Å². The van der Waals surface area contributed by atoms with Crippen molar-refractivity contribution in [3.8, 4) is 5.75 Å². The van der Waals surface area contributed by atoms with Gasteiger partial charge in [0.1, 0.15) is 11.3 Å². The number of ether oxygens (including phenoxy) is 2. The molecule has 7 nitrogen and oxygen atoms in total. The van der Waals surface area contributed by atoms with Crippen molar-refractivity contribution in [2.45, 2.75) is 32.4 Å². The van der Waals surface area contributed by atoms with Crippen molar-refractivity contribution in [2.75, 3.05) is 18.5 Å². The summed E-state index contributed by atoms with van der Waals surface area (Å²) in [6.07, 6.45) is 0. The normalized spacial score (nSPS) is 27.9. The number of esters is 1. The Hall–Kier alpha value is -3.06. The predicted molar refractivity (Wildman–Crippen MR) is 118 cm³/mol. The zero-order valence-corrected chi connectivity index (χ0v) is 18.7. The number of fused-ring (bicyclic) bond motifs is 6. The highest BCUT2D eigenvalue weighted by Gasteiger charge is 2.67. The van der Waals surface area contributed by atoms with Gasteiger partial charge in [-0.1, -0.05) is 17.7 Å². The highest BCUT2D eigenvalue weighted by Crippen LogP contribution is 2.57. The fourth-order valence-corrected chi connectivity index (χ4v) is 5.59. The largest absolute Gasteiger partial charge is 0.493 e. The monoisotopic (exact) mass is 454 g/mol. The molecule has 1 saturated heterocycles. The summed E-state index contributed by atoms with van der Waals surface area (Å²) < 4.78 is 11.3. The van der Waals surface area contributed by atoms with Crippen molar-refractivity contribution in [2.24, 2.45) is 11.8 Å². The fraction of sp³-hybridized carbons (Fsp3) is 0.375. The fourth-order valence-electron chi connectivity index (χ4n) is 5.41. The van der Waals surface area contributed by atoms with Crippen molar-refractivity contribution < 1.29 is 23.9 Å². The molecule has 3 heterocycles. The molecule has 3 aliphatic rings. The van der Waals surface area contributed by atoms with Crippen LogP contribution < -0.4 is 10.1 Å². The molecule has 0 bridgehead atoms. The summed E-state index contributed by atoms with van der Waals surface area (Å²) in [6.45, 7) is 5.59. The Kier molecular flexibility index (Phi) is 4.71. The first-order valence-corrected chi connectivity index (χ1v) is 11.0. The van der Waals surface area contributed by atoms with Crippen LogP contribution in [-0.4, -0.2) is 41.4 Å². The molecule has 32 heavy (non-hydrogen) atoms. The number of amides is 2. The Labute approximate surface area is 190 Å². The standard InChI is InChI=1S/C24H23ClN2O5/c1-4-31-22(29)19-16-11-32-18-8-6-13(25)10-15(18)20(16)27-21(28)14-7-5-12(2)9-17(14)26-23(30)24(19,27)3/h5-10,16,19-20H,4,11H2,1-3H3,(H,26,30)/t16-,19-,20+,24-/m1/s1. The number of nitrogens with zero attached hydrogens (tertiary/aromatic N) is 1. The third-order valence-corrected chi connectivity index (χ3v) is 7.05. The van der Waals surface area contributed by atoms with Crippen LogP contribution in [0.4, 0.5) is 5.69 Å². The van der Waals surface area contributed by atoms with Crippen LogP contribution in [0.3, 0.4) is 0 Å². The van der Waals surface area contributed by atoms with E-state index >= 15 is 0 Å². The van der Waals surface area contributed by atoms with Gasteiger partial charge in [0.25, 0.3) is 11.8 Å². The number of benzene rings is 2. The highest BCUT2D eigenvalue weighted by molar-refractivity contribution is 6.30. The number of anilines is 1. The van der Waals surface area contributed by atoms with Crippen molar-refractivity contribution >= 4 is 35.1 Å². The summed E-state index contributed by atoms with van der Waals surface area (Å²) in [7, 11) is 0. The van der Waals surface area contributed by atoms with Crippen LogP contribution in [-0.2, 0) is 14.3 Å². The molecule has 0 saturated carbocycles. The Morgan fingerprint density at radius 2 is 2.06 bits per heavy atom. The van der Waals surface area contributed by atoms with E-state index in [0.717, 1.165) is 5.56 Å². The SMILES string of the molecule is CCOC(=O)[C@H]1[C@H]2COc3ccc(Cl)cc3[C@@H]2N2C(=O)c3ccc(C)cc3NC(=O)[C@@]12C. The number of carbonyl (C=O) groups excluding carboxylic acids is 3. The van der Waals surface area contributed by atoms with Crippen molar-refractivity contribution in [1.29, 1.82) is 0 Å². The van der Waals surface area contributed by atoms with Crippen LogP contribution in [0.2, 0.25) is 5.02 Å². The number of halogens is 1. The lowest BCUT2D eigenvalue weighted by Crippen LogP contribution is -2.57. The minimum atomic E-state index is -1.47. The summed E-state index contributed by atoms with van der Waals surface area (Å²) in [5, 5.41) is 3.38. The zero-order valence-electron chi connectivity index (χ0n) is 18.0. The van der Waals surface area contributed by atoms with Gasteiger partial charge in [-0.05, 0) is 56.7 Å². The second-order valence-electron chi connectivity index (χ2n) is 8.66. The zero-order chi connectivity index (χ0) is 22.8. The quantitative estimate of drug-likeness (QED) is 0.699. The lowest BCUT2D eigenvalue weighted by molar-refractivity contribution is -0.155. The molecule has 3 aliphatic heterocycles. The van der Waals surface area contributed by atoms with Gasteiger partial charge >= 0.3 is 5.97 Å². The van der Waals surface area contributed by atoms with Crippen molar-refractivity contribution in [1.82, 2.24) is 4.90 Å². The number of hydrogen-bond donors (Lipinski definition) is 1. The van der Waals surface area contributed by atoms with Gasteiger partial charge in [0.15, 0.2) is 0 Å². The number of nitrogens with one attached hydrogen (secondary N) is 1. The number of carbonyl (C=O) groups is 3. The molecule has 0 radical (unpaired) electrons. The molecule has 5 rings (SSSR count). The third kappa shape index (κ3) is 2.77. The molecule has 166 valence electrons.